The van der Waals surface area contributed by atoms with Crippen molar-refractivity contribution in [2.45, 2.75) is 45.4 Å². The van der Waals surface area contributed by atoms with Crippen LogP contribution in [0.1, 0.15) is 55.8 Å². The van der Waals surface area contributed by atoms with Gasteiger partial charge < -0.3 is 10.6 Å². The number of nitrogens with one attached hydrogen (secondary N) is 2. The molecule has 0 saturated heterocycles. The summed E-state index contributed by atoms with van der Waals surface area (Å²) >= 11 is 3.37. The molecule has 1 amide bonds. The van der Waals surface area contributed by atoms with E-state index in [2.05, 4.69) is 31.5 Å². The number of nitrogens with zero attached hydrogens (tertiary/aromatic N) is 1. The molecule has 0 unspecified atom stereocenters. The first-order valence-corrected chi connectivity index (χ1v) is 8.67. The van der Waals surface area contributed by atoms with Crippen LogP contribution in [0.2, 0.25) is 0 Å². The summed E-state index contributed by atoms with van der Waals surface area (Å²) < 4.78 is 0.820. The van der Waals surface area contributed by atoms with Crippen molar-refractivity contribution >= 4 is 27.7 Å². The maximum absolute atomic E-state index is 12.3. The van der Waals surface area contributed by atoms with Crippen molar-refractivity contribution in [3.63, 3.8) is 0 Å². The zero-order chi connectivity index (χ0) is 15.1. The smallest absolute Gasteiger partial charge is 0.255 e. The van der Waals surface area contributed by atoms with Crippen LogP contribution in [0.3, 0.4) is 0 Å². The molecule has 2 N–H and O–H groups in total. The van der Waals surface area contributed by atoms with Crippen molar-refractivity contribution in [1.29, 1.82) is 0 Å². The lowest BCUT2D eigenvalue weighted by Gasteiger charge is -2.12. The number of carbonyl (C=O) groups is 1. The first-order valence-electron chi connectivity index (χ1n) is 7.88. The highest BCUT2D eigenvalue weighted by molar-refractivity contribution is 9.10. The van der Waals surface area contributed by atoms with E-state index in [4.69, 9.17) is 0 Å². The quantitative estimate of drug-likeness (QED) is 0.729. The van der Waals surface area contributed by atoms with E-state index < -0.39 is 0 Å². The highest BCUT2D eigenvalue weighted by Crippen LogP contribution is 2.28. The van der Waals surface area contributed by atoms with Gasteiger partial charge in [0, 0.05) is 23.8 Å². The molecule has 0 bridgehead atoms. The van der Waals surface area contributed by atoms with E-state index in [1.165, 1.54) is 32.1 Å². The average Bonchev–Trinajstić information content (AvgIpc) is 2.99. The van der Waals surface area contributed by atoms with Crippen LogP contribution in [-0.4, -0.2) is 24.0 Å². The van der Waals surface area contributed by atoms with Crippen molar-refractivity contribution in [1.82, 2.24) is 10.3 Å². The third-order valence-corrected chi connectivity index (χ3v) is 4.43. The van der Waals surface area contributed by atoms with E-state index in [-0.39, 0.29) is 5.91 Å². The maximum Gasteiger partial charge on any atom is 0.255 e. The number of halogens is 1. The first-order chi connectivity index (χ1) is 10.2. The third-order valence-electron chi connectivity index (χ3n) is 3.99. The maximum atomic E-state index is 12.3. The Hall–Kier alpha value is -1.10. The molecule has 21 heavy (non-hydrogen) atoms. The third kappa shape index (κ3) is 4.99. The molecule has 1 fully saturated rings. The lowest BCUT2D eigenvalue weighted by molar-refractivity contribution is 0.0953. The summed E-state index contributed by atoms with van der Waals surface area (Å²) in [5.74, 6) is 1.48. The average molecular weight is 354 g/mol. The molecule has 0 atom stereocenters. The fourth-order valence-corrected chi connectivity index (χ4v) is 3.24. The number of hydrogen-bond donors (Lipinski definition) is 2. The summed E-state index contributed by atoms with van der Waals surface area (Å²) in [4.78, 5) is 16.5. The standard InChI is InChI=1S/C16H24BrN3O/c1-2-18-15-14(10-13(17)11-20-15)16(21)19-9-5-8-12-6-3-4-7-12/h10-12H,2-9H2,1H3,(H,18,20)(H,19,21). The molecule has 0 radical (unpaired) electrons. The Morgan fingerprint density at radius 2 is 2.19 bits per heavy atom. The molecule has 1 aliphatic rings. The van der Waals surface area contributed by atoms with Crippen LogP contribution in [0.15, 0.2) is 16.7 Å². The van der Waals surface area contributed by atoms with Gasteiger partial charge in [0.1, 0.15) is 5.82 Å². The van der Waals surface area contributed by atoms with Crippen LogP contribution < -0.4 is 10.6 Å². The number of anilines is 1. The van der Waals surface area contributed by atoms with Crippen LogP contribution in [0.4, 0.5) is 5.82 Å². The topological polar surface area (TPSA) is 54.0 Å². The Morgan fingerprint density at radius 3 is 2.90 bits per heavy atom. The van der Waals surface area contributed by atoms with Crippen LogP contribution >= 0.6 is 15.9 Å². The summed E-state index contributed by atoms with van der Waals surface area (Å²) in [6.07, 6.45) is 9.50. The predicted molar refractivity (Wildman–Crippen MR) is 89.6 cm³/mol. The zero-order valence-electron chi connectivity index (χ0n) is 12.6. The highest BCUT2D eigenvalue weighted by Gasteiger charge is 2.15. The molecular weight excluding hydrogens is 330 g/mol. The largest absolute Gasteiger partial charge is 0.370 e. The van der Waals surface area contributed by atoms with E-state index in [1.807, 2.05) is 13.0 Å². The fraction of sp³-hybridized carbons (Fsp3) is 0.625. The van der Waals surface area contributed by atoms with Crippen molar-refractivity contribution in [2.24, 2.45) is 5.92 Å². The van der Waals surface area contributed by atoms with Crippen molar-refractivity contribution in [3.8, 4) is 0 Å². The molecule has 1 saturated carbocycles. The number of amides is 1. The second kappa shape index (κ2) is 8.37. The minimum Gasteiger partial charge on any atom is -0.370 e. The van der Waals surface area contributed by atoms with E-state index in [0.717, 1.165) is 29.9 Å². The predicted octanol–water partition coefficient (Wildman–Crippen LogP) is 3.98. The summed E-state index contributed by atoms with van der Waals surface area (Å²) in [6.45, 7) is 3.48. The molecule has 5 heteroatoms. The van der Waals surface area contributed by atoms with Crippen LogP contribution in [-0.2, 0) is 0 Å². The van der Waals surface area contributed by atoms with Crippen LogP contribution in [0.5, 0.6) is 0 Å². The number of carbonyl (C=O) groups excluding carboxylic acids is 1. The normalized spacial score (nSPS) is 15.1. The molecule has 0 spiro atoms. The van der Waals surface area contributed by atoms with E-state index in [9.17, 15) is 4.79 Å². The Bertz CT molecular complexity index is 473. The Kier molecular flexibility index (Phi) is 6.49. The Labute approximate surface area is 135 Å². The van der Waals surface area contributed by atoms with Gasteiger partial charge in [0.05, 0.1) is 5.56 Å². The van der Waals surface area contributed by atoms with Gasteiger partial charge in [0.15, 0.2) is 0 Å². The second-order valence-electron chi connectivity index (χ2n) is 5.63. The van der Waals surface area contributed by atoms with Crippen molar-refractivity contribution < 1.29 is 4.79 Å². The van der Waals surface area contributed by atoms with Crippen LogP contribution in [0.25, 0.3) is 0 Å². The van der Waals surface area contributed by atoms with Gasteiger partial charge in [-0.2, -0.15) is 0 Å². The number of pyridine rings is 1. The molecule has 0 aliphatic heterocycles. The lowest BCUT2D eigenvalue weighted by atomic mass is 10.0. The molecule has 1 aromatic heterocycles. The molecule has 4 nitrogen and oxygen atoms in total. The Balaban J connectivity index is 1.82. The second-order valence-corrected chi connectivity index (χ2v) is 6.54. The van der Waals surface area contributed by atoms with E-state index >= 15 is 0 Å². The molecule has 116 valence electrons. The molecule has 0 aromatic carbocycles. The number of aromatic nitrogens is 1. The zero-order valence-corrected chi connectivity index (χ0v) is 14.2. The van der Waals surface area contributed by atoms with Crippen molar-refractivity contribution in [2.75, 3.05) is 18.4 Å². The molecular formula is C16H24BrN3O. The first kappa shape index (κ1) is 16.3. The fourth-order valence-electron chi connectivity index (χ4n) is 2.91. The van der Waals surface area contributed by atoms with Gasteiger partial charge in [0.25, 0.3) is 5.91 Å². The summed E-state index contributed by atoms with van der Waals surface area (Å²) in [5, 5.41) is 6.14. The van der Waals surface area contributed by atoms with Gasteiger partial charge in [-0.25, -0.2) is 4.98 Å². The number of hydrogen-bond acceptors (Lipinski definition) is 3. The van der Waals surface area contributed by atoms with Gasteiger partial charge in [-0.15, -0.1) is 0 Å². The minimum atomic E-state index is -0.0498. The minimum absolute atomic E-state index is 0.0498. The molecule has 1 aromatic rings. The van der Waals surface area contributed by atoms with Gasteiger partial charge in [0.2, 0.25) is 0 Å². The summed E-state index contributed by atoms with van der Waals surface area (Å²) in [5.41, 5.74) is 0.604. The summed E-state index contributed by atoms with van der Waals surface area (Å²) in [7, 11) is 0. The summed E-state index contributed by atoms with van der Waals surface area (Å²) in [6, 6.07) is 1.82. The molecule has 1 aliphatic carbocycles. The van der Waals surface area contributed by atoms with Gasteiger partial charge in [-0.1, -0.05) is 25.7 Å². The SMILES string of the molecule is CCNc1ncc(Br)cc1C(=O)NCCCC1CCCC1. The van der Waals surface area contributed by atoms with Gasteiger partial charge >= 0.3 is 0 Å². The molecule has 2 rings (SSSR count). The molecule has 1 heterocycles. The van der Waals surface area contributed by atoms with Crippen LogP contribution in [0, 0.1) is 5.92 Å². The Morgan fingerprint density at radius 1 is 1.43 bits per heavy atom. The van der Waals surface area contributed by atoms with Gasteiger partial charge in [-0.3, -0.25) is 4.79 Å². The number of rotatable bonds is 7. The monoisotopic (exact) mass is 353 g/mol. The van der Waals surface area contributed by atoms with Gasteiger partial charge in [-0.05, 0) is 47.7 Å². The van der Waals surface area contributed by atoms with E-state index in [1.54, 1.807) is 6.20 Å². The van der Waals surface area contributed by atoms with Crippen molar-refractivity contribution in [3.05, 3.63) is 22.3 Å². The lowest BCUT2D eigenvalue weighted by Crippen LogP contribution is -2.26. The van der Waals surface area contributed by atoms with E-state index in [0.29, 0.717) is 11.4 Å². The highest BCUT2D eigenvalue weighted by atomic mass is 79.9.